The van der Waals surface area contributed by atoms with Crippen molar-refractivity contribution in [3.05, 3.63) is 46.8 Å². The van der Waals surface area contributed by atoms with E-state index in [-0.39, 0.29) is 5.75 Å². The van der Waals surface area contributed by atoms with Gasteiger partial charge in [0, 0.05) is 50.8 Å². The first kappa shape index (κ1) is 20.6. The van der Waals surface area contributed by atoms with Crippen molar-refractivity contribution in [2.45, 2.75) is 6.54 Å². The molecular weight excluding hydrogens is 396 g/mol. The normalized spacial score (nSPS) is 16.2. The van der Waals surface area contributed by atoms with Crippen molar-refractivity contribution in [1.29, 1.82) is 0 Å². The molecular formula is C18H26N6O2S2. The monoisotopic (exact) mass is 422 g/mol. The highest BCUT2D eigenvalue weighted by Gasteiger charge is 2.27. The number of hydrogen-bond acceptors (Lipinski definition) is 6. The van der Waals surface area contributed by atoms with E-state index >= 15 is 0 Å². The lowest BCUT2D eigenvalue weighted by atomic mass is 10.3. The number of hydrogen-bond donors (Lipinski definition) is 2. The van der Waals surface area contributed by atoms with E-state index in [0.717, 1.165) is 5.82 Å². The summed E-state index contributed by atoms with van der Waals surface area (Å²) in [7, 11) is -1.63. The summed E-state index contributed by atoms with van der Waals surface area (Å²) >= 11 is 1.66. The third-order valence-corrected chi connectivity index (χ3v) is 7.24. The highest BCUT2D eigenvalue weighted by Crippen LogP contribution is 2.14. The Morgan fingerprint density at radius 3 is 2.64 bits per heavy atom. The van der Waals surface area contributed by atoms with Crippen LogP contribution < -0.4 is 15.5 Å². The van der Waals surface area contributed by atoms with Gasteiger partial charge in [-0.15, -0.1) is 11.3 Å². The molecule has 152 valence electrons. The maximum atomic E-state index is 12.6. The lowest BCUT2D eigenvalue weighted by Gasteiger charge is -2.34. The molecule has 2 aromatic rings. The van der Waals surface area contributed by atoms with Crippen molar-refractivity contribution in [2.75, 3.05) is 50.4 Å². The molecule has 0 aromatic carbocycles. The molecule has 0 radical (unpaired) electrons. The molecule has 28 heavy (non-hydrogen) atoms. The average molecular weight is 423 g/mol. The smallest absolute Gasteiger partial charge is 0.215 e. The fourth-order valence-corrected chi connectivity index (χ4v) is 4.95. The Morgan fingerprint density at radius 2 is 2.00 bits per heavy atom. The second kappa shape index (κ2) is 9.85. The number of anilines is 1. The van der Waals surface area contributed by atoms with Gasteiger partial charge in [0.05, 0.1) is 12.3 Å². The Kier molecular flexibility index (Phi) is 7.24. The Bertz CT molecular complexity index is 847. The standard InChI is InChI=1S/C18H26N6O2S2/c1-19-18(22-15-16-5-4-13-27-16)21-8-14-28(25,26)24-11-9-23(10-12-24)17-6-2-3-7-20-17/h2-7,13H,8-12,14-15H2,1H3,(H2,19,21,22). The van der Waals surface area contributed by atoms with Gasteiger partial charge in [-0.2, -0.15) is 4.31 Å². The van der Waals surface area contributed by atoms with E-state index in [1.165, 1.54) is 4.88 Å². The summed E-state index contributed by atoms with van der Waals surface area (Å²) in [6.45, 7) is 3.22. The van der Waals surface area contributed by atoms with Gasteiger partial charge in [-0.25, -0.2) is 13.4 Å². The largest absolute Gasteiger partial charge is 0.355 e. The summed E-state index contributed by atoms with van der Waals surface area (Å²) in [6, 6.07) is 9.80. The summed E-state index contributed by atoms with van der Waals surface area (Å²) in [4.78, 5) is 11.8. The highest BCUT2D eigenvalue weighted by molar-refractivity contribution is 7.89. The number of aliphatic imine (C=N–C) groups is 1. The third-order valence-electron chi connectivity index (χ3n) is 4.49. The highest BCUT2D eigenvalue weighted by atomic mass is 32.2. The number of guanidine groups is 1. The van der Waals surface area contributed by atoms with Gasteiger partial charge in [0.1, 0.15) is 5.82 Å². The minimum absolute atomic E-state index is 0.0380. The van der Waals surface area contributed by atoms with Crippen molar-refractivity contribution in [1.82, 2.24) is 19.9 Å². The van der Waals surface area contributed by atoms with Gasteiger partial charge >= 0.3 is 0 Å². The first-order valence-corrected chi connectivity index (χ1v) is 11.7. The van der Waals surface area contributed by atoms with E-state index in [0.29, 0.717) is 45.2 Å². The predicted octanol–water partition coefficient (Wildman–Crippen LogP) is 0.960. The van der Waals surface area contributed by atoms with Crippen LogP contribution in [0.5, 0.6) is 0 Å². The zero-order valence-electron chi connectivity index (χ0n) is 15.9. The molecule has 10 heteroatoms. The second-order valence-electron chi connectivity index (χ2n) is 6.32. The van der Waals surface area contributed by atoms with Gasteiger partial charge in [0.15, 0.2) is 5.96 Å². The molecule has 2 N–H and O–H groups in total. The molecule has 0 spiro atoms. The van der Waals surface area contributed by atoms with Crippen LogP contribution in [0, 0.1) is 0 Å². The number of thiophene rings is 1. The van der Waals surface area contributed by atoms with Crippen molar-refractivity contribution < 1.29 is 8.42 Å². The summed E-state index contributed by atoms with van der Waals surface area (Å²) in [5.41, 5.74) is 0. The zero-order chi connectivity index (χ0) is 19.8. The molecule has 0 atom stereocenters. The Balaban J connectivity index is 1.42. The third kappa shape index (κ3) is 5.66. The van der Waals surface area contributed by atoms with Gasteiger partial charge in [-0.3, -0.25) is 4.99 Å². The van der Waals surface area contributed by atoms with Crippen LogP contribution in [0.3, 0.4) is 0 Å². The number of nitrogens with zero attached hydrogens (tertiary/aromatic N) is 4. The minimum Gasteiger partial charge on any atom is -0.355 e. The van der Waals surface area contributed by atoms with E-state index in [4.69, 9.17) is 0 Å². The molecule has 0 aliphatic carbocycles. The zero-order valence-corrected chi connectivity index (χ0v) is 17.5. The van der Waals surface area contributed by atoms with Crippen LogP contribution in [-0.2, 0) is 16.6 Å². The summed E-state index contributed by atoms with van der Waals surface area (Å²) < 4.78 is 26.8. The predicted molar refractivity (Wildman–Crippen MR) is 114 cm³/mol. The molecule has 1 saturated heterocycles. The summed E-state index contributed by atoms with van der Waals surface area (Å²) in [5.74, 6) is 1.53. The molecule has 8 nitrogen and oxygen atoms in total. The Labute approximate surface area is 170 Å². The lowest BCUT2D eigenvalue weighted by Crippen LogP contribution is -2.50. The van der Waals surface area contributed by atoms with Crippen LogP contribution in [0.25, 0.3) is 0 Å². The summed E-state index contributed by atoms with van der Waals surface area (Å²) in [5, 5.41) is 8.29. The average Bonchev–Trinajstić information content (AvgIpc) is 3.25. The number of piperazine rings is 1. The van der Waals surface area contributed by atoms with Crippen molar-refractivity contribution >= 4 is 33.1 Å². The van der Waals surface area contributed by atoms with Gasteiger partial charge < -0.3 is 15.5 Å². The number of sulfonamides is 1. The van der Waals surface area contributed by atoms with E-state index in [9.17, 15) is 8.42 Å². The molecule has 0 unspecified atom stereocenters. The molecule has 0 saturated carbocycles. The SMILES string of the molecule is CN=C(NCCS(=O)(=O)N1CCN(c2ccccn2)CC1)NCc1cccs1. The fraction of sp³-hybridized carbons (Fsp3) is 0.444. The van der Waals surface area contributed by atoms with Crippen LogP contribution in [0.2, 0.25) is 0 Å². The Morgan fingerprint density at radius 1 is 1.18 bits per heavy atom. The fourth-order valence-electron chi connectivity index (χ4n) is 2.97. The molecule has 3 heterocycles. The van der Waals surface area contributed by atoms with Crippen LogP contribution in [0.1, 0.15) is 4.88 Å². The first-order valence-electron chi connectivity index (χ1n) is 9.19. The molecule has 1 aliphatic rings. The molecule has 1 aliphatic heterocycles. The van der Waals surface area contributed by atoms with E-state index in [1.807, 2.05) is 35.7 Å². The first-order chi connectivity index (χ1) is 13.6. The van der Waals surface area contributed by atoms with Crippen LogP contribution >= 0.6 is 11.3 Å². The topological polar surface area (TPSA) is 89.9 Å². The molecule has 0 amide bonds. The van der Waals surface area contributed by atoms with Crippen LogP contribution in [-0.4, -0.2) is 69.2 Å². The maximum absolute atomic E-state index is 12.6. The van der Waals surface area contributed by atoms with Gasteiger partial charge in [-0.05, 0) is 23.6 Å². The quantitative estimate of drug-likeness (QED) is 0.510. The molecule has 0 bridgehead atoms. The van der Waals surface area contributed by atoms with E-state index in [1.54, 1.807) is 28.9 Å². The number of nitrogens with one attached hydrogen (secondary N) is 2. The molecule has 2 aromatic heterocycles. The molecule has 1 fully saturated rings. The maximum Gasteiger partial charge on any atom is 0.215 e. The summed E-state index contributed by atoms with van der Waals surface area (Å²) in [6.07, 6.45) is 1.75. The van der Waals surface area contributed by atoms with Gasteiger partial charge in [-0.1, -0.05) is 12.1 Å². The van der Waals surface area contributed by atoms with Crippen molar-refractivity contribution in [3.63, 3.8) is 0 Å². The number of pyridine rings is 1. The second-order valence-corrected chi connectivity index (χ2v) is 9.44. The van der Waals surface area contributed by atoms with Crippen LogP contribution in [0.4, 0.5) is 5.82 Å². The number of aromatic nitrogens is 1. The molecule has 3 rings (SSSR count). The van der Waals surface area contributed by atoms with E-state index < -0.39 is 10.0 Å². The van der Waals surface area contributed by atoms with E-state index in [2.05, 4.69) is 25.5 Å². The Hall–Kier alpha value is -2.17. The van der Waals surface area contributed by atoms with Gasteiger partial charge in [0.25, 0.3) is 0 Å². The minimum atomic E-state index is -3.31. The van der Waals surface area contributed by atoms with Crippen LogP contribution in [0.15, 0.2) is 46.9 Å². The van der Waals surface area contributed by atoms with Crippen molar-refractivity contribution in [2.24, 2.45) is 4.99 Å². The van der Waals surface area contributed by atoms with Gasteiger partial charge in [0.2, 0.25) is 10.0 Å². The number of rotatable bonds is 7. The van der Waals surface area contributed by atoms with Crippen molar-refractivity contribution in [3.8, 4) is 0 Å². The lowest BCUT2D eigenvalue weighted by molar-refractivity contribution is 0.384.